The molecule has 30 heavy (non-hydrogen) atoms. The predicted octanol–water partition coefficient (Wildman–Crippen LogP) is 4.78. The van der Waals surface area contributed by atoms with Gasteiger partial charge < -0.3 is 14.2 Å². The van der Waals surface area contributed by atoms with Crippen molar-refractivity contribution in [2.75, 3.05) is 14.2 Å². The number of aromatic nitrogens is 2. The van der Waals surface area contributed by atoms with E-state index in [1.807, 2.05) is 54.6 Å². The smallest absolute Gasteiger partial charge is 0.344 e. The van der Waals surface area contributed by atoms with Gasteiger partial charge in [-0.3, -0.25) is 0 Å². The van der Waals surface area contributed by atoms with Crippen LogP contribution in [0.4, 0.5) is 0 Å². The second-order valence-electron chi connectivity index (χ2n) is 6.47. The molecular formula is C24H20N2O4. The van der Waals surface area contributed by atoms with E-state index in [0.29, 0.717) is 22.9 Å². The van der Waals surface area contributed by atoms with E-state index in [2.05, 4.69) is 5.10 Å². The van der Waals surface area contributed by atoms with E-state index in [1.165, 1.54) is 0 Å². The van der Waals surface area contributed by atoms with Crippen molar-refractivity contribution in [2.24, 2.45) is 0 Å². The first kappa shape index (κ1) is 19.3. The highest BCUT2D eigenvalue weighted by atomic mass is 16.5. The summed E-state index contributed by atoms with van der Waals surface area (Å²) in [6.45, 7) is 0. The lowest BCUT2D eigenvalue weighted by Gasteiger charge is -2.09. The van der Waals surface area contributed by atoms with Gasteiger partial charge in [0.2, 0.25) is 5.88 Å². The summed E-state index contributed by atoms with van der Waals surface area (Å²) in [5, 5.41) is 4.66. The van der Waals surface area contributed by atoms with E-state index >= 15 is 0 Å². The molecule has 0 atom stereocenters. The molecule has 3 aromatic carbocycles. The van der Waals surface area contributed by atoms with E-state index in [-0.39, 0.29) is 0 Å². The Morgan fingerprint density at radius 1 is 0.800 bits per heavy atom. The number of methoxy groups -OCH3 is 2. The Labute approximate surface area is 174 Å². The molecule has 0 aliphatic rings. The van der Waals surface area contributed by atoms with Crippen LogP contribution in [0, 0.1) is 0 Å². The molecule has 150 valence electrons. The minimum absolute atomic E-state index is 0.312. The lowest BCUT2D eigenvalue weighted by Crippen LogP contribution is -2.11. The van der Waals surface area contributed by atoms with Crippen LogP contribution in [0.1, 0.15) is 10.4 Å². The van der Waals surface area contributed by atoms with Crippen molar-refractivity contribution in [1.29, 1.82) is 0 Å². The molecule has 0 aliphatic carbocycles. The summed E-state index contributed by atoms with van der Waals surface area (Å²) in [6.07, 6.45) is 0. The summed E-state index contributed by atoms with van der Waals surface area (Å²) in [4.78, 5) is 12.8. The molecule has 0 amide bonds. The number of hydrogen-bond acceptors (Lipinski definition) is 5. The second-order valence-corrected chi connectivity index (χ2v) is 6.47. The van der Waals surface area contributed by atoms with Gasteiger partial charge in [-0.1, -0.05) is 36.4 Å². The van der Waals surface area contributed by atoms with Crippen molar-refractivity contribution < 1.29 is 19.0 Å². The van der Waals surface area contributed by atoms with Crippen molar-refractivity contribution in [3.05, 3.63) is 90.5 Å². The molecule has 0 radical (unpaired) electrons. The Kier molecular flexibility index (Phi) is 5.48. The van der Waals surface area contributed by atoms with Crippen LogP contribution >= 0.6 is 0 Å². The number of benzene rings is 3. The van der Waals surface area contributed by atoms with Crippen LogP contribution < -0.4 is 14.2 Å². The first-order valence-corrected chi connectivity index (χ1v) is 9.34. The lowest BCUT2D eigenvalue weighted by atomic mass is 10.2. The zero-order valence-electron chi connectivity index (χ0n) is 16.6. The number of nitrogens with zero attached hydrogens (tertiary/aromatic N) is 2. The standard InChI is InChI=1S/C24H20N2O4/c1-28-20-13-11-19(12-14-20)26-23(16-22(25-26)17-7-4-3-5-8-17)30-24(27)18-9-6-10-21(15-18)29-2/h3-16H,1-2H3. The molecule has 6 heteroatoms. The Bertz CT molecular complexity index is 1150. The van der Waals surface area contributed by atoms with Gasteiger partial charge >= 0.3 is 5.97 Å². The second kappa shape index (κ2) is 8.53. The van der Waals surface area contributed by atoms with Gasteiger partial charge in [-0.15, -0.1) is 0 Å². The Morgan fingerprint density at radius 3 is 2.23 bits per heavy atom. The molecule has 4 aromatic rings. The largest absolute Gasteiger partial charge is 0.497 e. The van der Waals surface area contributed by atoms with Gasteiger partial charge in [0.15, 0.2) is 0 Å². The Hall–Kier alpha value is -4.06. The zero-order valence-corrected chi connectivity index (χ0v) is 16.6. The average molecular weight is 400 g/mol. The van der Waals surface area contributed by atoms with Gasteiger partial charge in [0.05, 0.1) is 31.2 Å². The highest BCUT2D eigenvalue weighted by molar-refractivity contribution is 5.91. The molecule has 0 saturated carbocycles. The fraction of sp³-hybridized carbons (Fsp3) is 0.0833. The number of esters is 1. The summed E-state index contributed by atoms with van der Waals surface area (Å²) in [6, 6.07) is 25.6. The number of hydrogen-bond donors (Lipinski definition) is 0. The van der Waals surface area contributed by atoms with Crippen molar-refractivity contribution >= 4 is 5.97 Å². The number of rotatable bonds is 6. The molecule has 4 rings (SSSR count). The van der Waals surface area contributed by atoms with E-state index in [0.717, 1.165) is 17.0 Å². The number of carbonyl (C=O) groups excluding carboxylic acids is 1. The maximum atomic E-state index is 12.8. The third kappa shape index (κ3) is 4.03. The normalized spacial score (nSPS) is 10.5. The van der Waals surface area contributed by atoms with E-state index in [4.69, 9.17) is 14.2 Å². The van der Waals surface area contributed by atoms with Crippen molar-refractivity contribution in [3.8, 4) is 34.3 Å². The van der Waals surface area contributed by atoms with E-state index in [1.54, 1.807) is 49.2 Å². The van der Waals surface area contributed by atoms with Gasteiger partial charge in [-0.05, 0) is 42.5 Å². The van der Waals surface area contributed by atoms with Crippen molar-refractivity contribution in [3.63, 3.8) is 0 Å². The van der Waals surface area contributed by atoms with Gasteiger partial charge in [0, 0.05) is 11.6 Å². The monoisotopic (exact) mass is 400 g/mol. The topological polar surface area (TPSA) is 62.6 Å². The van der Waals surface area contributed by atoms with E-state index < -0.39 is 5.97 Å². The number of carbonyl (C=O) groups is 1. The van der Waals surface area contributed by atoms with Crippen molar-refractivity contribution in [2.45, 2.75) is 0 Å². The third-order valence-corrected chi connectivity index (χ3v) is 4.57. The van der Waals surface area contributed by atoms with Crippen LogP contribution in [-0.4, -0.2) is 30.0 Å². The molecule has 0 unspecified atom stereocenters. The molecule has 0 fully saturated rings. The SMILES string of the molecule is COc1ccc(-n2nc(-c3ccccc3)cc2OC(=O)c2cccc(OC)c2)cc1. The number of ether oxygens (including phenoxy) is 3. The molecule has 6 nitrogen and oxygen atoms in total. The summed E-state index contributed by atoms with van der Waals surface area (Å²) >= 11 is 0. The highest BCUT2D eigenvalue weighted by Crippen LogP contribution is 2.28. The van der Waals surface area contributed by atoms with Crippen LogP contribution in [0.15, 0.2) is 84.9 Å². The van der Waals surface area contributed by atoms with Crippen LogP contribution in [0.2, 0.25) is 0 Å². The summed E-state index contributed by atoms with van der Waals surface area (Å²) in [5.74, 6) is 1.12. The average Bonchev–Trinajstić information content (AvgIpc) is 3.23. The molecule has 0 spiro atoms. The first-order valence-electron chi connectivity index (χ1n) is 9.34. The Balaban J connectivity index is 1.72. The quantitative estimate of drug-likeness (QED) is 0.436. The molecule has 0 saturated heterocycles. The van der Waals surface area contributed by atoms with Gasteiger partial charge in [0.25, 0.3) is 0 Å². The fourth-order valence-corrected chi connectivity index (χ4v) is 3.00. The molecular weight excluding hydrogens is 380 g/mol. The minimum atomic E-state index is -0.497. The van der Waals surface area contributed by atoms with Crippen molar-refractivity contribution in [1.82, 2.24) is 9.78 Å². The fourth-order valence-electron chi connectivity index (χ4n) is 3.00. The van der Waals surface area contributed by atoms with Gasteiger partial charge in [0.1, 0.15) is 11.5 Å². The maximum Gasteiger partial charge on any atom is 0.344 e. The van der Waals surface area contributed by atoms with Crippen LogP contribution in [0.3, 0.4) is 0 Å². The summed E-state index contributed by atoms with van der Waals surface area (Å²) in [5.41, 5.74) is 2.74. The molecule has 1 heterocycles. The molecule has 0 bridgehead atoms. The first-order chi connectivity index (χ1) is 14.7. The lowest BCUT2D eigenvalue weighted by molar-refractivity contribution is 0.0722. The van der Waals surface area contributed by atoms with Gasteiger partial charge in [-0.2, -0.15) is 9.78 Å². The van der Waals surface area contributed by atoms with Crippen LogP contribution in [0.25, 0.3) is 16.9 Å². The molecule has 1 aromatic heterocycles. The summed E-state index contributed by atoms with van der Waals surface area (Å²) in [7, 11) is 3.16. The minimum Gasteiger partial charge on any atom is -0.497 e. The van der Waals surface area contributed by atoms with Gasteiger partial charge in [-0.25, -0.2) is 4.79 Å². The molecule has 0 aliphatic heterocycles. The van der Waals surface area contributed by atoms with Crippen LogP contribution in [0.5, 0.6) is 17.4 Å². The van der Waals surface area contributed by atoms with E-state index in [9.17, 15) is 4.79 Å². The Morgan fingerprint density at radius 2 is 1.53 bits per heavy atom. The predicted molar refractivity (Wildman–Crippen MR) is 114 cm³/mol. The maximum absolute atomic E-state index is 12.8. The molecule has 0 N–H and O–H groups in total. The third-order valence-electron chi connectivity index (χ3n) is 4.57. The summed E-state index contributed by atoms with van der Waals surface area (Å²) < 4.78 is 17.7. The zero-order chi connectivity index (χ0) is 20.9. The van der Waals surface area contributed by atoms with Crippen LogP contribution in [-0.2, 0) is 0 Å². The highest BCUT2D eigenvalue weighted by Gasteiger charge is 2.17.